The number of nitriles is 1. The number of benzene rings is 1. The molecule has 0 amide bonds. The lowest BCUT2D eigenvalue weighted by Gasteiger charge is -2.19. The molecule has 0 radical (unpaired) electrons. The predicted molar refractivity (Wildman–Crippen MR) is 76.8 cm³/mol. The van der Waals surface area contributed by atoms with Crippen LogP contribution in [0.1, 0.15) is 22.7 Å². The van der Waals surface area contributed by atoms with E-state index in [0.29, 0.717) is 18.8 Å². The zero-order valence-electron chi connectivity index (χ0n) is 11.2. The minimum Gasteiger partial charge on any atom is -0.481 e. The summed E-state index contributed by atoms with van der Waals surface area (Å²) in [6.07, 6.45) is 1.60. The number of nitrogens with zero attached hydrogens (tertiary/aromatic N) is 3. The van der Waals surface area contributed by atoms with Gasteiger partial charge in [0.25, 0.3) is 0 Å². The number of fused-ring (bicyclic) bond motifs is 1. The van der Waals surface area contributed by atoms with Crippen LogP contribution in [-0.4, -0.2) is 22.6 Å². The summed E-state index contributed by atoms with van der Waals surface area (Å²) in [5.74, 6) is -1.31. The first kappa shape index (κ1) is 13.1. The van der Waals surface area contributed by atoms with Crippen LogP contribution in [0.4, 0.5) is 5.69 Å². The van der Waals surface area contributed by atoms with Crippen LogP contribution >= 0.6 is 0 Å². The van der Waals surface area contributed by atoms with Crippen LogP contribution in [0.25, 0.3) is 0 Å². The van der Waals surface area contributed by atoms with Crippen molar-refractivity contribution in [3.8, 4) is 6.07 Å². The molecule has 1 aliphatic heterocycles. The largest absolute Gasteiger partial charge is 0.481 e. The number of hydrogen-bond donors (Lipinski definition) is 1. The number of rotatable bonds is 3. The zero-order chi connectivity index (χ0) is 14.8. The van der Waals surface area contributed by atoms with Crippen molar-refractivity contribution < 1.29 is 9.90 Å². The summed E-state index contributed by atoms with van der Waals surface area (Å²) in [5, 5.41) is 18.2. The molecule has 1 aromatic carbocycles. The maximum Gasteiger partial charge on any atom is 0.312 e. The summed E-state index contributed by atoms with van der Waals surface area (Å²) in [6.45, 7) is 1.01. The summed E-state index contributed by atoms with van der Waals surface area (Å²) >= 11 is 0. The van der Waals surface area contributed by atoms with Gasteiger partial charge in [-0.15, -0.1) is 0 Å². The number of pyridine rings is 1. The van der Waals surface area contributed by atoms with Gasteiger partial charge in [-0.05, 0) is 29.3 Å². The summed E-state index contributed by atoms with van der Waals surface area (Å²) < 4.78 is 0. The summed E-state index contributed by atoms with van der Waals surface area (Å²) in [7, 11) is 0. The van der Waals surface area contributed by atoms with Gasteiger partial charge in [-0.25, -0.2) is 4.98 Å². The van der Waals surface area contributed by atoms with Gasteiger partial charge < -0.3 is 10.0 Å². The molecule has 1 atom stereocenters. The fourth-order valence-corrected chi connectivity index (χ4v) is 2.70. The Morgan fingerprint density at radius 2 is 2.24 bits per heavy atom. The molecule has 3 rings (SSSR count). The number of hydrogen-bond acceptors (Lipinski definition) is 4. The molecule has 0 spiro atoms. The summed E-state index contributed by atoms with van der Waals surface area (Å²) in [4.78, 5) is 17.4. The molecule has 0 fully saturated rings. The molecule has 1 N–H and O–H groups in total. The van der Waals surface area contributed by atoms with Crippen LogP contribution in [0.5, 0.6) is 0 Å². The van der Waals surface area contributed by atoms with Gasteiger partial charge in [-0.3, -0.25) is 4.79 Å². The lowest BCUT2D eigenvalue weighted by Crippen LogP contribution is -2.24. The molecule has 5 heteroatoms. The third kappa shape index (κ3) is 2.43. The van der Waals surface area contributed by atoms with Gasteiger partial charge in [0.15, 0.2) is 0 Å². The number of carbonyl (C=O) groups is 1. The molecular weight excluding hydrogens is 266 g/mol. The van der Waals surface area contributed by atoms with Gasteiger partial charge in [0.05, 0.1) is 0 Å². The second kappa shape index (κ2) is 5.25. The molecule has 0 aliphatic carbocycles. The van der Waals surface area contributed by atoms with Crippen molar-refractivity contribution >= 4 is 11.7 Å². The van der Waals surface area contributed by atoms with E-state index in [4.69, 9.17) is 5.26 Å². The van der Waals surface area contributed by atoms with Gasteiger partial charge in [0.1, 0.15) is 17.7 Å². The number of carboxylic acid groups (broad SMARTS) is 1. The zero-order valence-corrected chi connectivity index (χ0v) is 11.2. The number of aromatic nitrogens is 1. The lowest BCUT2D eigenvalue weighted by molar-refractivity contribution is -0.138. The van der Waals surface area contributed by atoms with Crippen LogP contribution in [-0.2, 0) is 11.3 Å². The standard InChI is InChI=1S/C16H13N3O2/c17-8-12-7-11(5-6-18-12)9-19-10-14(16(20)21)13-3-1-2-4-15(13)19/h1-7,14H,9-10H2,(H,20,21). The van der Waals surface area contributed by atoms with Crippen molar-refractivity contribution in [2.45, 2.75) is 12.5 Å². The van der Waals surface area contributed by atoms with Gasteiger partial charge in [-0.1, -0.05) is 18.2 Å². The minimum atomic E-state index is -0.808. The number of carboxylic acids is 1. The smallest absolute Gasteiger partial charge is 0.312 e. The van der Waals surface area contributed by atoms with Crippen LogP contribution in [0.3, 0.4) is 0 Å². The molecule has 0 bridgehead atoms. The van der Waals surface area contributed by atoms with Crippen molar-refractivity contribution in [3.05, 3.63) is 59.4 Å². The Balaban J connectivity index is 1.90. The lowest BCUT2D eigenvalue weighted by atomic mass is 10.0. The topological polar surface area (TPSA) is 77.2 Å². The van der Waals surface area contributed by atoms with E-state index in [2.05, 4.69) is 4.98 Å². The van der Waals surface area contributed by atoms with E-state index in [-0.39, 0.29) is 0 Å². The van der Waals surface area contributed by atoms with Gasteiger partial charge >= 0.3 is 5.97 Å². The van der Waals surface area contributed by atoms with E-state index >= 15 is 0 Å². The first-order chi connectivity index (χ1) is 10.2. The van der Waals surface area contributed by atoms with Crippen molar-refractivity contribution in [2.75, 3.05) is 11.4 Å². The highest BCUT2D eigenvalue weighted by Gasteiger charge is 2.33. The van der Waals surface area contributed by atoms with E-state index in [1.54, 1.807) is 12.3 Å². The van der Waals surface area contributed by atoms with Crippen molar-refractivity contribution in [3.63, 3.8) is 0 Å². The number of anilines is 1. The second-order valence-corrected chi connectivity index (χ2v) is 4.99. The Morgan fingerprint density at radius 3 is 3.00 bits per heavy atom. The maximum atomic E-state index is 11.4. The Morgan fingerprint density at radius 1 is 1.43 bits per heavy atom. The second-order valence-electron chi connectivity index (χ2n) is 4.99. The molecular formula is C16H13N3O2. The van der Waals surface area contributed by atoms with E-state index in [9.17, 15) is 9.90 Å². The molecule has 5 nitrogen and oxygen atoms in total. The van der Waals surface area contributed by atoms with E-state index in [1.165, 1.54) is 0 Å². The van der Waals surface area contributed by atoms with Crippen LogP contribution < -0.4 is 4.90 Å². The summed E-state index contributed by atoms with van der Waals surface area (Å²) in [6, 6.07) is 13.2. The third-order valence-corrected chi connectivity index (χ3v) is 3.67. The number of para-hydroxylation sites is 1. The average molecular weight is 279 g/mol. The first-order valence-electron chi connectivity index (χ1n) is 6.61. The van der Waals surface area contributed by atoms with Crippen LogP contribution in [0.2, 0.25) is 0 Å². The van der Waals surface area contributed by atoms with E-state index in [1.807, 2.05) is 41.3 Å². The quantitative estimate of drug-likeness (QED) is 0.931. The normalized spacial score (nSPS) is 16.3. The van der Waals surface area contributed by atoms with Gasteiger partial charge in [0, 0.05) is 25.0 Å². The molecule has 0 saturated carbocycles. The molecule has 1 aromatic heterocycles. The highest BCUT2D eigenvalue weighted by atomic mass is 16.4. The van der Waals surface area contributed by atoms with Gasteiger partial charge in [0.2, 0.25) is 0 Å². The third-order valence-electron chi connectivity index (χ3n) is 3.67. The highest BCUT2D eigenvalue weighted by Crippen LogP contribution is 2.37. The average Bonchev–Trinajstić information content (AvgIpc) is 2.87. The fraction of sp³-hybridized carbons (Fsp3) is 0.188. The Kier molecular flexibility index (Phi) is 3.28. The monoisotopic (exact) mass is 279 g/mol. The minimum absolute atomic E-state index is 0.370. The van der Waals surface area contributed by atoms with E-state index < -0.39 is 11.9 Å². The van der Waals surface area contributed by atoms with E-state index in [0.717, 1.165) is 16.8 Å². The first-order valence-corrected chi connectivity index (χ1v) is 6.61. The van der Waals surface area contributed by atoms with Crippen LogP contribution in [0.15, 0.2) is 42.6 Å². The van der Waals surface area contributed by atoms with Crippen molar-refractivity contribution in [2.24, 2.45) is 0 Å². The Labute approximate surface area is 122 Å². The molecule has 21 heavy (non-hydrogen) atoms. The SMILES string of the molecule is N#Cc1cc(CN2CC(C(=O)O)c3ccccc32)ccn1. The van der Waals surface area contributed by atoms with Crippen molar-refractivity contribution in [1.29, 1.82) is 5.26 Å². The molecule has 1 unspecified atom stereocenters. The number of aliphatic carboxylic acids is 1. The Bertz CT molecular complexity index is 736. The predicted octanol–water partition coefficient (Wildman–Crippen LogP) is 2.14. The highest BCUT2D eigenvalue weighted by molar-refractivity contribution is 5.82. The maximum absolute atomic E-state index is 11.4. The molecule has 0 saturated heterocycles. The van der Waals surface area contributed by atoms with Crippen molar-refractivity contribution in [1.82, 2.24) is 4.98 Å². The molecule has 2 heterocycles. The molecule has 104 valence electrons. The molecule has 1 aliphatic rings. The Hall–Kier alpha value is -2.87. The van der Waals surface area contributed by atoms with Gasteiger partial charge in [-0.2, -0.15) is 5.26 Å². The van der Waals surface area contributed by atoms with Crippen LogP contribution in [0, 0.1) is 11.3 Å². The fourth-order valence-electron chi connectivity index (χ4n) is 2.70. The summed E-state index contributed by atoms with van der Waals surface area (Å²) in [5.41, 5.74) is 3.11. The molecule has 2 aromatic rings.